The molecule has 0 bridgehead atoms. The Balaban J connectivity index is 2.82. The smallest absolute Gasteiger partial charge is 0.128 e. The van der Waals surface area contributed by atoms with E-state index in [1.165, 1.54) is 5.56 Å². The van der Waals surface area contributed by atoms with Crippen molar-refractivity contribution in [2.45, 2.75) is 13.5 Å². The molecule has 0 saturated heterocycles. The standard InChI is InChI=1S/C11H14N2O/c1-7-3-4-9(14-2)10-8(5-12)6-13-11(7)10/h3-4,6,13H,5,12H2,1-2H3. The van der Waals surface area contributed by atoms with Crippen LogP contribution in [0.5, 0.6) is 5.75 Å². The van der Waals surface area contributed by atoms with Crippen LogP contribution in [0, 0.1) is 6.92 Å². The Bertz CT molecular complexity index is 460. The molecule has 0 amide bonds. The number of aryl methyl sites for hydroxylation is 1. The molecule has 3 nitrogen and oxygen atoms in total. The van der Waals surface area contributed by atoms with Gasteiger partial charge in [-0.3, -0.25) is 0 Å². The summed E-state index contributed by atoms with van der Waals surface area (Å²) < 4.78 is 5.31. The molecule has 3 heteroatoms. The van der Waals surface area contributed by atoms with Crippen LogP contribution in [0.25, 0.3) is 10.9 Å². The van der Waals surface area contributed by atoms with Gasteiger partial charge in [-0.2, -0.15) is 0 Å². The molecule has 0 unspecified atom stereocenters. The molecule has 0 aliphatic rings. The molecule has 0 radical (unpaired) electrons. The normalized spacial score (nSPS) is 10.8. The van der Waals surface area contributed by atoms with Crippen LogP contribution in [-0.2, 0) is 6.54 Å². The predicted octanol–water partition coefficient (Wildman–Crippen LogP) is 1.94. The molecule has 2 rings (SSSR count). The Labute approximate surface area is 82.9 Å². The van der Waals surface area contributed by atoms with E-state index in [0.717, 1.165) is 22.2 Å². The molecule has 3 N–H and O–H groups in total. The number of nitrogens with two attached hydrogens (primary N) is 1. The predicted molar refractivity (Wildman–Crippen MR) is 57.5 cm³/mol. The first kappa shape index (κ1) is 9.09. The van der Waals surface area contributed by atoms with Gasteiger partial charge in [0, 0.05) is 18.1 Å². The maximum Gasteiger partial charge on any atom is 0.128 e. The van der Waals surface area contributed by atoms with E-state index in [1.807, 2.05) is 18.3 Å². The zero-order chi connectivity index (χ0) is 10.1. The largest absolute Gasteiger partial charge is 0.496 e. The number of hydrogen-bond donors (Lipinski definition) is 2. The Morgan fingerprint density at radius 3 is 2.86 bits per heavy atom. The monoisotopic (exact) mass is 190 g/mol. The lowest BCUT2D eigenvalue weighted by molar-refractivity contribution is 0.419. The van der Waals surface area contributed by atoms with E-state index in [-0.39, 0.29) is 0 Å². The number of fused-ring (bicyclic) bond motifs is 1. The van der Waals surface area contributed by atoms with Crippen molar-refractivity contribution in [3.63, 3.8) is 0 Å². The number of aromatic amines is 1. The van der Waals surface area contributed by atoms with Gasteiger partial charge in [-0.05, 0) is 24.1 Å². The molecule has 0 fully saturated rings. The summed E-state index contributed by atoms with van der Waals surface area (Å²) in [6, 6.07) is 4.02. The van der Waals surface area contributed by atoms with E-state index in [1.54, 1.807) is 7.11 Å². The highest BCUT2D eigenvalue weighted by Crippen LogP contribution is 2.30. The number of aromatic nitrogens is 1. The van der Waals surface area contributed by atoms with Crippen LogP contribution < -0.4 is 10.5 Å². The molecule has 14 heavy (non-hydrogen) atoms. The SMILES string of the molecule is COc1ccc(C)c2[nH]cc(CN)c12. The third-order valence-corrected chi connectivity index (χ3v) is 2.53. The van der Waals surface area contributed by atoms with Gasteiger partial charge in [0.05, 0.1) is 12.6 Å². The highest BCUT2D eigenvalue weighted by atomic mass is 16.5. The second kappa shape index (κ2) is 3.35. The fourth-order valence-corrected chi connectivity index (χ4v) is 1.76. The van der Waals surface area contributed by atoms with Crippen LogP contribution in [0.1, 0.15) is 11.1 Å². The molecule has 0 saturated carbocycles. The number of methoxy groups -OCH3 is 1. The fraction of sp³-hybridized carbons (Fsp3) is 0.273. The average molecular weight is 190 g/mol. The van der Waals surface area contributed by atoms with E-state index in [9.17, 15) is 0 Å². The molecular weight excluding hydrogens is 176 g/mol. The van der Waals surface area contributed by atoms with Crippen molar-refractivity contribution < 1.29 is 4.74 Å². The molecule has 0 atom stereocenters. The zero-order valence-electron chi connectivity index (χ0n) is 8.42. The van der Waals surface area contributed by atoms with Crippen molar-refractivity contribution in [2.75, 3.05) is 7.11 Å². The summed E-state index contributed by atoms with van der Waals surface area (Å²) in [6.07, 6.45) is 1.94. The molecular formula is C11H14N2O. The van der Waals surface area contributed by atoms with Gasteiger partial charge >= 0.3 is 0 Å². The van der Waals surface area contributed by atoms with E-state index < -0.39 is 0 Å². The van der Waals surface area contributed by atoms with Crippen molar-refractivity contribution in [3.05, 3.63) is 29.5 Å². The third-order valence-electron chi connectivity index (χ3n) is 2.53. The van der Waals surface area contributed by atoms with Crippen molar-refractivity contribution in [1.29, 1.82) is 0 Å². The Hall–Kier alpha value is -1.48. The van der Waals surface area contributed by atoms with Crippen LogP contribution in [0.2, 0.25) is 0 Å². The van der Waals surface area contributed by atoms with Crippen LogP contribution >= 0.6 is 0 Å². The first-order valence-electron chi connectivity index (χ1n) is 4.61. The van der Waals surface area contributed by atoms with Crippen molar-refractivity contribution in [1.82, 2.24) is 4.98 Å². The highest BCUT2D eigenvalue weighted by molar-refractivity contribution is 5.91. The maximum atomic E-state index is 5.66. The molecule has 0 aliphatic carbocycles. The lowest BCUT2D eigenvalue weighted by Crippen LogP contribution is -1.95. The summed E-state index contributed by atoms with van der Waals surface area (Å²) in [4.78, 5) is 3.22. The number of benzene rings is 1. The van der Waals surface area contributed by atoms with Gasteiger partial charge in [0.2, 0.25) is 0 Å². The molecule has 74 valence electrons. The Kier molecular flexibility index (Phi) is 2.17. The summed E-state index contributed by atoms with van der Waals surface area (Å²) in [6.45, 7) is 2.60. The lowest BCUT2D eigenvalue weighted by Gasteiger charge is -2.05. The minimum absolute atomic E-state index is 0.528. The van der Waals surface area contributed by atoms with Crippen LogP contribution in [0.4, 0.5) is 0 Å². The van der Waals surface area contributed by atoms with Gasteiger partial charge in [0.25, 0.3) is 0 Å². The molecule has 0 aliphatic heterocycles. The van der Waals surface area contributed by atoms with E-state index in [0.29, 0.717) is 6.54 Å². The van der Waals surface area contributed by atoms with Gasteiger partial charge < -0.3 is 15.5 Å². The average Bonchev–Trinajstić information content (AvgIpc) is 2.63. The fourth-order valence-electron chi connectivity index (χ4n) is 1.76. The van der Waals surface area contributed by atoms with Crippen molar-refractivity contribution >= 4 is 10.9 Å². The van der Waals surface area contributed by atoms with Gasteiger partial charge in [-0.1, -0.05) is 6.07 Å². The molecule has 1 aromatic heterocycles. The van der Waals surface area contributed by atoms with Gasteiger partial charge in [-0.15, -0.1) is 0 Å². The number of hydrogen-bond acceptors (Lipinski definition) is 2. The number of H-pyrrole nitrogens is 1. The summed E-state index contributed by atoms with van der Waals surface area (Å²) in [5.41, 5.74) is 9.08. The van der Waals surface area contributed by atoms with Gasteiger partial charge in [-0.25, -0.2) is 0 Å². The van der Waals surface area contributed by atoms with Gasteiger partial charge in [0.1, 0.15) is 5.75 Å². The molecule has 1 heterocycles. The lowest BCUT2D eigenvalue weighted by atomic mass is 10.1. The van der Waals surface area contributed by atoms with E-state index >= 15 is 0 Å². The molecule has 0 spiro atoms. The Morgan fingerprint density at radius 2 is 2.21 bits per heavy atom. The minimum atomic E-state index is 0.528. The topological polar surface area (TPSA) is 51.0 Å². The number of rotatable bonds is 2. The van der Waals surface area contributed by atoms with Crippen molar-refractivity contribution in [2.24, 2.45) is 5.73 Å². The summed E-state index contributed by atoms with van der Waals surface area (Å²) >= 11 is 0. The minimum Gasteiger partial charge on any atom is -0.496 e. The Morgan fingerprint density at radius 1 is 1.43 bits per heavy atom. The van der Waals surface area contributed by atoms with Gasteiger partial charge in [0.15, 0.2) is 0 Å². The summed E-state index contributed by atoms with van der Waals surface area (Å²) in [5, 5.41) is 1.11. The molecule has 2 aromatic rings. The van der Waals surface area contributed by atoms with Crippen LogP contribution in [0.3, 0.4) is 0 Å². The second-order valence-electron chi connectivity index (χ2n) is 3.35. The first-order valence-corrected chi connectivity index (χ1v) is 4.61. The zero-order valence-corrected chi connectivity index (χ0v) is 8.42. The first-order chi connectivity index (χ1) is 6.77. The van der Waals surface area contributed by atoms with E-state index in [4.69, 9.17) is 10.5 Å². The number of ether oxygens (including phenoxy) is 1. The number of nitrogens with one attached hydrogen (secondary N) is 1. The van der Waals surface area contributed by atoms with E-state index in [2.05, 4.69) is 11.9 Å². The third kappa shape index (κ3) is 1.17. The molecule has 1 aromatic carbocycles. The van der Waals surface area contributed by atoms with Crippen molar-refractivity contribution in [3.8, 4) is 5.75 Å². The van der Waals surface area contributed by atoms with Crippen LogP contribution in [-0.4, -0.2) is 12.1 Å². The van der Waals surface area contributed by atoms with Crippen LogP contribution in [0.15, 0.2) is 18.3 Å². The summed E-state index contributed by atoms with van der Waals surface area (Å²) in [5.74, 6) is 0.882. The quantitative estimate of drug-likeness (QED) is 0.760. The second-order valence-corrected chi connectivity index (χ2v) is 3.35. The summed E-state index contributed by atoms with van der Waals surface area (Å²) in [7, 11) is 1.68. The highest BCUT2D eigenvalue weighted by Gasteiger charge is 2.09. The maximum absolute atomic E-state index is 5.66.